The van der Waals surface area contributed by atoms with Crippen molar-refractivity contribution in [2.75, 3.05) is 6.61 Å². The van der Waals surface area contributed by atoms with E-state index in [-0.39, 0.29) is 17.7 Å². The van der Waals surface area contributed by atoms with Gasteiger partial charge in [-0.2, -0.15) is 5.26 Å². The Bertz CT molecular complexity index is 550. The van der Waals surface area contributed by atoms with Gasteiger partial charge in [-0.25, -0.2) is 4.79 Å². The zero-order chi connectivity index (χ0) is 12.4. The summed E-state index contributed by atoms with van der Waals surface area (Å²) in [6, 6.07) is 3.31. The fourth-order valence-corrected chi connectivity index (χ4v) is 1.67. The molecule has 5 nitrogen and oxygen atoms in total. The summed E-state index contributed by atoms with van der Waals surface area (Å²) in [6.45, 7) is 1.90. The molecule has 1 fully saturated rings. The Morgan fingerprint density at radius 2 is 2.35 bits per heavy atom. The van der Waals surface area contributed by atoms with Gasteiger partial charge in [0.1, 0.15) is 11.6 Å². The zero-order valence-corrected chi connectivity index (χ0v) is 9.45. The van der Waals surface area contributed by atoms with Crippen LogP contribution in [0.25, 0.3) is 0 Å². The quantitative estimate of drug-likeness (QED) is 0.796. The molecule has 1 heterocycles. The normalized spacial score (nSPS) is 14.1. The molecule has 1 aliphatic rings. The number of nitrogens with zero attached hydrogens (tertiary/aromatic N) is 1. The maximum atomic E-state index is 11.6. The molecule has 0 spiro atoms. The van der Waals surface area contributed by atoms with E-state index in [0.717, 1.165) is 18.5 Å². The number of aromatic nitrogens is 1. The molecular formula is C12H12N2O3. The number of pyridine rings is 1. The van der Waals surface area contributed by atoms with Crippen LogP contribution in [-0.4, -0.2) is 17.6 Å². The molecule has 88 valence electrons. The van der Waals surface area contributed by atoms with Crippen LogP contribution < -0.4 is 5.56 Å². The van der Waals surface area contributed by atoms with E-state index in [4.69, 9.17) is 10.00 Å². The fourth-order valence-electron chi connectivity index (χ4n) is 1.67. The van der Waals surface area contributed by atoms with Crippen LogP contribution in [-0.2, 0) is 4.74 Å². The molecule has 1 N–H and O–H groups in total. The lowest BCUT2D eigenvalue weighted by molar-refractivity contribution is 0.0525. The number of carbonyl (C=O) groups excluding carboxylic acids is 1. The van der Waals surface area contributed by atoms with Crippen LogP contribution in [0, 0.1) is 11.3 Å². The molecule has 0 amide bonds. The lowest BCUT2D eigenvalue weighted by Crippen LogP contribution is -2.19. The molecule has 5 heteroatoms. The van der Waals surface area contributed by atoms with E-state index in [9.17, 15) is 9.59 Å². The van der Waals surface area contributed by atoms with Crippen molar-refractivity contribution in [1.82, 2.24) is 4.98 Å². The van der Waals surface area contributed by atoms with Gasteiger partial charge >= 0.3 is 5.97 Å². The van der Waals surface area contributed by atoms with Gasteiger partial charge in [-0.3, -0.25) is 4.79 Å². The second-order valence-corrected chi connectivity index (χ2v) is 3.95. The predicted octanol–water partition coefficient (Wildman–Crippen LogP) is 1.30. The number of carbonyl (C=O) groups is 1. The first-order valence-corrected chi connectivity index (χ1v) is 5.51. The van der Waals surface area contributed by atoms with Gasteiger partial charge in [-0.15, -0.1) is 0 Å². The molecule has 1 aromatic heterocycles. The standard InChI is InChI=1S/C12H12N2O3/c1-2-17-12(16)8-5-10(7-3-4-7)14-11(15)9(8)6-13/h5,7H,2-4H2,1H3,(H,14,15). The predicted molar refractivity (Wildman–Crippen MR) is 59.7 cm³/mol. The van der Waals surface area contributed by atoms with E-state index < -0.39 is 11.5 Å². The van der Waals surface area contributed by atoms with Crippen LogP contribution in [0.5, 0.6) is 0 Å². The molecule has 1 aromatic rings. The number of aromatic amines is 1. The second kappa shape index (κ2) is 4.42. The molecule has 0 bridgehead atoms. The summed E-state index contributed by atoms with van der Waals surface area (Å²) in [7, 11) is 0. The molecule has 0 unspecified atom stereocenters. The number of rotatable bonds is 3. The Morgan fingerprint density at radius 1 is 1.65 bits per heavy atom. The van der Waals surface area contributed by atoms with Crippen LogP contribution >= 0.6 is 0 Å². The van der Waals surface area contributed by atoms with Crippen molar-refractivity contribution in [3.8, 4) is 6.07 Å². The first-order valence-electron chi connectivity index (χ1n) is 5.51. The number of nitrogens with one attached hydrogen (secondary N) is 1. The molecule has 0 aromatic carbocycles. The van der Waals surface area contributed by atoms with Gasteiger partial charge in [0, 0.05) is 5.69 Å². The molecule has 0 atom stereocenters. The number of esters is 1. The van der Waals surface area contributed by atoms with E-state index in [1.807, 2.05) is 0 Å². The summed E-state index contributed by atoms with van der Waals surface area (Å²) in [5.41, 5.74) is 0.102. The highest BCUT2D eigenvalue weighted by Crippen LogP contribution is 2.38. The highest BCUT2D eigenvalue weighted by molar-refractivity contribution is 5.92. The van der Waals surface area contributed by atoms with Gasteiger partial charge in [0.25, 0.3) is 5.56 Å². The molecule has 0 radical (unpaired) electrons. The lowest BCUT2D eigenvalue weighted by atomic mass is 10.1. The Labute approximate surface area is 98.0 Å². The summed E-state index contributed by atoms with van der Waals surface area (Å²) in [5.74, 6) is -0.305. The van der Waals surface area contributed by atoms with Crippen LogP contribution in [0.15, 0.2) is 10.9 Å². The smallest absolute Gasteiger partial charge is 0.339 e. The fraction of sp³-hybridized carbons (Fsp3) is 0.417. The number of nitriles is 1. The van der Waals surface area contributed by atoms with Crippen molar-refractivity contribution in [2.24, 2.45) is 0 Å². The van der Waals surface area contributed by atoms with Gasteiger partial charge in [0.2, 0.25) is 0 Å². The second-order valence-electron chi connectivity index (χ2n) is 3.95. The first-order chi connectivity index (χ1) is 8.17. The van der Waals surface area contributed by atoms with E-state index >= 15 is 0 Å². The average molecular weight is 232 g/mol. The first kappa shape index (κ1) is 11.4. The Kier molecular flexibility index (Phi) is 2.96. The molecule has 1 saturated carbocycles. The van der Waals surface area contributed by atoms with Gasteiger partial charge in [0.15, 0.2) is 0 Å². The minimum Gasteiger partial charge on any atom is -0.462 e. The van der Waals surface area contributed by atoms with E-state index in [1.54, 1.807) is 19.1 Å². The lowest BCUT2D eigenvalue weighted by Gasteiger charge is -2.05. The zero-order valence-electron chi connectivity index (χ0n) is 9.45. The minimum absolute atomic E-state index is 0.0694. The average Bonchev–Trinajstić information content (AvgIpc) is 3.12. The van der Waals surface area contributed by atoms with Gasteiger partial charge in [-0.05, 0) is 31.7 Å². The highest BCUT2D eigenvalue weighted by Gasteiger charge is 2.27. The summed E-state index contributed by atoms with van der Waals surface area (Å²) in [5, 5.41) is 8.88. The van der Waals surface area contributed by atoms with Crippen molar-refractivity contribution in [2.45, 2.75) is 25.7 Å². The Hall–Kier alpha value is -2.09. The topological polar surface area (TPSA) is 83.0 Å². The molecule has 17 heavy (non-hydrogen) atoms. The SMILES string of the molecule is CCOC(=O)c1cc(C2CC2)[nH]c(=O)c1C#N. The summed E-state index contributed by atoms with van der Waals surface area (Å²) in [4.78, 5) is 25.9. The minimum atomic E-state index is -0.614. The van der Waals surface area contributed by atoms with Crippen molar-refractivity contribution >= 4 is 5.97 Å². The number of H-pyrrole nitrogens is 1. The molecular weight excluding hydrogens is 220 g/mol. The van der Waals surface area contributed by atoms with Crippen molar-refractivity contribution in [3.05, 3.63) is 33.2 Å². The van der Waals surface area contributed by atoms with Crippen LogP contribution in [0.2, 0.25) is 0 Å². The van der Waals surface area contributed by atoms with E-state index in [2.05, 4.69) is 4.98 Å². The van der Waals surface area contributed by atoms with E-state index in [0.29, 0.717) is 5.92 Å². The largest absolute Gasteiger partial charge is 0.462 e. The summed E-state index contributed by atoms with van der Waals surface area (Å²) < 4.78 is 4.84. The van der Waals surface area contributed by atoms with Gasteiger partial charge in [0.05, 0.1) is 12.2 Å². The van der Waals surface area contributed by atoms with Gasteiger partial charge in [-0.1, -0.05) is 0 Å². The summed E-state index contributed by atoms with van der Waals surface area (Å²) in [6.07, 6.45) is 2.01. The third-order valence-electron chi connectivity index (χ3n) is 2.68. The van der Waals surface area contributed by atoms with E-state index in [1.165, 1.54) is 0 Å². The van der Waals surface area contributed by atoms with Crippen LogP contribution in [0.1, 0.15) is 47.3 Å². The van der Waals surface area contributed by atoms with Crippen LogP contribution in [0.4, 0.5) is 0 Å². The Morgan fingerprint density at radius 3 is 2.88 bits per heavy atom. The van der Waals surface area contributed by atoms with Crippen LogP contribution in [0.3, 0.4) is 0 Å². The maximum absolute atomic E-state index is 11.6. The molecule has 2 rings (SSSR count). The molecule has 0 aliphatic heterocycles. The van der Waals surface area contributed by atoms with Crippen molar-refractivity contribution in [1.29, 1.82) is 5.26 Å². The maximum Gasteiger partial charge on any atom is 0.339 e. The Balaban J connectivity index is 2.50. The third-order valence-corrected chi connectivity index (χ3v) is 2.68. The molecule has 1 aliphatic carbocycles. The monoisotopic (exact) mass is 232 g/mol. The summed E-state index contributed by atoms with van der Waals surface area (Å²) >= 11 is 0. The van der Waals surface area contributed by atoms with Crippen molar-refractivity contribution in [3.63, 3.8) is 0 Å². The molecule has 0 saturated heterocycles. The van der Waals surface area contributed by atoms with Crippen molar-refractivity contribution < 1.29 is 9.53 Å². The van der Waals surface area contributed by atoms with Gasteiger partial charge < -0.3 is 9.72 Å². The number of hydrogen-bond acceptors (Lipinski definition) is 4. The number of ether oxygens (including phenoxy) is 1. The third kappa shape index (κ3) is 2.21. The number of hydrogen-bond donors (Lipinski definition) is 1. The highest BCUT2D eigenvalue weighted by atomic mass is 16.5.